The summed E-state index contributed by atoms with van der Waals surface area (Å²) >= 11 is 0. The normalized spacial score (nSPS) is 14.5. The summed E-state index contributed by atoms with van der Waals surface area (Å²) in [4.78, 5) is 0. The molecule has 0 heterocycles. The summed E-state index contributed by atoms with van der Waals surface area (Å²) in [6.45, 7) is 4.60. The highest BCUT2D eigenvalue weighted by molar-refractivity contribution is 5.95. The van der Waals surface area contributed by atoms with Crippen LogP contribution in [0.3, 0.4) is 0 Å². The Kier molecular flexibility index (Phi) is 2.67. The Bertz CT molecular complexity index is 875. The van der Waals surface area contributed by atoms with E-state index in [0.29, 0.717) is 0 Å². The molecule has 4 rings (SSSR count). The van der Waals surface area contributed by atoms with Gasteiger partial charge in [-0.2, -0.15) is 0 Å². The van der Waals surface area contributed by atoms with Gasteiger partial charge in [0.25, 0.3) is 0 Å². The number of fused-ring (bicyclic) bond motifs is 3. The second kappa shape index (κ2) is 4.48. The van der Waals surface area contributed by atoms with E-state index in [9.17, 15) is 0 Å². The minimum Gasteiger partial charge on any atom is -0.398 e. The maximum Gasteiger partial charge on any atom is 0.0393 e. The SMILES string of the molecule is CC1(C)c2ccccc2-c2c(-c3ccccc3N)cccc21. The van der Waals surface area contributed by atoms with E-state index in [-0.39, 0.29) is 5.41 Å². The molecule has 0 aliphatic heterocycles. The van der Waals surface area contributed by atoms with Crippen molar-refractivity contribution in [3.05, 3.63) is 77.9 Å². The molecule has 0 bridgehead atoms. The first-order chi connectivity index (χ1) is 10.6. The lowest BCUT2D eigenvalue weighted by Gasteiger charge is -2.21. The average Bonchev–Trinajstić information content (AvgIpc) is 2.77. The maximum absolute atomic E-state index is 6.23. The molecule has 3 aromatic carbocycles. The molecule has 108 valence electrons. The highest BCUT2D eigenvalue weighted by atomic mass is 14.6. The molecular weight excluding hydrogens is 266 g/mol. The van der Waals surface area contributed by atoms with Gasteiger partial charge >= 0.3 is 0 Å². The minimum atomic E-state index is 0.0332. The van der Waals surface area contributed by atoms with Crippen LogP contribution < -0.4 is 5.73 Å². The first-order valence-electron chi connectivity index (χ1n) is 7.69. The predicted molar refractivity (Wildman–Crippen MR) is 93.9 cm³/mol. The molecule has 1 heteroatoms. The fourth-order valence-corrected chi connectivity index (χ4v) is 3.72. The van der Waals surface area contributed by atoms with E-state index in [0.717, 1.165) is 11.3 Å². The number of hydrogen-bond donors (Lipinski definition) is 1. The summed E-state index contributed by atoms with van der Waals surface area (Å²) in [5.41, 5.74) is 14.9. The van der Waals surface area contributed by atoms with Crippen molar-refractivity contribution < 1.29 is 0 Å². The van der Waals surface area contributed by atoms with E-state index in [1.807, 2.05) is 12.1 Å². The Labute approximate surface area is 131 Å². The van der Waals surface area contributed by atoms with Crippen LogP contribution in [0.2, 0.25) is 0 Å². The van der Waals surface area contributed by atoms with Gasteiger partial charge in [-0.3, -0.25) is 0 Å². The highest BCUT2D eigenvalue weighted by Gasteiger charge is 2.36. The van der Waals surface area contributed by atoms with E-state index in [4.69, 9.17) is 5.73 Å². The number of nitrogens with two attached hydrogens (primary N) is 1. The fraction of sp³-hybridized carbons (Fsp3) is 0.143. The van der Waals surface area contributed by atoms with Gasteiger partial charge in [0.1, 0.15) is 0 Å². The second-order valence-electron chi connectivity index (χ2n) is 6.49. The van der Waals surface area contributed by atoms with Gasteiger partial charge in [-0.05, 0) is 33.9 Å². The first-order valence-corrected chi connectivity index (χ1v) is 7.69. The monoisotopic (exact) mass is 285 g/mol. The van der Waals surface area contributed by atoms with E-state index in [2.05, 4.69) is 68.4 Å². The third-order valence-corrected chi connectivity index (χ3v) is 4.86. The van der Waals surface area contributed by atoms with Crippen molar-refractivity contribution in [3.8, 4) is 22.3 Å². The molecule has 0 spiro atoms. The Morgan fingerprint density at radius 1 is 0.636 bits per heavy atom. The van der Waals surface area contributed by atoms with E-state index >= 15 is 0 Å². The number of benzene rings is 3. The van der Waals surface area contributed by atoms with Crippen LogP contribution in [0.15, 0.2) is 66.7 Å². The van der Waals surface area contributed by atoms with Crippen molar-refractivity contribution in [2.75, 3.05) is 5.73 Å². The maximum atomic E-state index is 6.23. The molecule has 2 N–H and O–H groups in total. The molecule has 0 fully saturated rings. The largest absolute Gasteiger partial charge is 0.398 e. The van der Waals surface area contributed by atoms with Crippen LogP contribution in [0.1, 0.15) is 25.0 Å². The quantitative estimate of drug-likeness (QED) is 0.608. The molecule has 0 atom stereocenters. The van der Waals surface area contributed by atoms with Gasteiger partial charge in [0.05, 0.1) is 0 Å². The van der Waals surface area contributed by atoms with Crippen molar-refractivity contribution in [2.24, 2.45) is 0 Å². The molecular formula is C21H19N. The zero-order chi connectivity index (χ0) is 15.3. The van der Waals surface area contributed by atoms with Crippen LogP contribution in [0.5, 0.6) is 0 Å². The standard InChI is InChI=1S/C21H19N/c1-21(2)17-11-5-3-9-16(17)20-15(10-7-12-18(20)21)14-8-4-6-13-19(14)22/h3-13H,22H2,1-2H3. The molecule has 0 radical (unpaired) electrons. The van der Waals surface area contributed by atoms with Gasteiger partial charge < -0.3 is 5.73 Å². The Morgan fingerprint density at radius 3 is 2.00 bits per heavy atom. The smallest absolute Gasteiger partial charge is 0.0393 e. The van der Waals surface area contributed by atoms with Crippen molar-refractivity contribution in [1.29, 1.82) is 0 Å². The van der Waals surface area contributed by atoms with Gasteiger partial charge in [-0.1, -0.05) is 74.5 Å². The van der Waals surface area contributed by atoms with Crippen molar-refractivity contribution in [3.63, 3.8) is 0 Å². The van der Waals surface area contributed by atoms with E-state index in [1.165, 1.54) is 27.8 Å². The van der Waals surface area contributed by atoms with Crippen LogP contribution in [-0.4, -0.2) is 0 Å². The predicted octanol–water partition coefficient (Wildman–Crippen LogP) is 5.24. The van der Waals surface area contributed by atoms with Gasteiger partial charge in [-0.15, -0.1) is 0 Å². The Hall–Kier alpha value is -2.54. The van der Waals surface area contributed by atoms with Gasteiger partial charge in [0.2, 0.25) is 0 Å². The summed E-state index contributed by atoms with van der Waals surface area (Å²) < 4.78 is 0. The van der Waals surface area contributed by atoms with Crippen LogP contribution in [0.4, 0.5) is 5.69 Å². The third kappa shape index (κ3) is 1.66. The minimum absolute atomic E-state index is 0.0332. The Morgan fingerprint density at radius 2 is 1.23 bits per heavy atom. The highest BCUT2D eigenvalue weighted by Crippen LogP contribution is 2.52. The summed E-state index contributed by atoms with van der Waals surface area (Å²) in [5.74, 6) is 0. The molecule has 0 aromatic heterocycles. The fourth-order valence-electron chi connectivity index (χ4n) is 3.72. The molecule has 0 unspecified atom stereocenters. The van der Waals surface area contributed by atoms with Gasteiger partial charge in [0.15, 0.2) is 0 Å². The van der Waals surface area contributed by atoms with Crippen LogP contribution in [0.25, 0.3) is 22.3 Å². The van der Waals surface area contributed by atoms with Crippen LogP contribution in [-0.2, 0) is 5.41 Å². The molecule has 1 nitrogen and oxygen atoms in total. The Balaban J connectivity index is 2.09. The van der Waals surface area contributed by atoms with E-state index in [1.54, 1.807) is 0 Å². The number of anilines is 1. The van der Waals surface area contributed by atoms with Crippen molar-refractivity contribution >= 4 is 5.69 Å². The molecule has 1 aliphatic rings. The number of para-hydroxylation sites is 1. The van der Waals surface area contributed by atoms with Crippen LogP contribution in [0, 0.1) is 0 Å². The average molecular weight is 285 g/mol. The number of rotatable bonds is 1. The van der Waals surface area contributed by atoms with Crippen molar-refractivity contribution in [2.45, 2.75) is 19.3 Å². The summed E-state index contributed by atoms with van der Waals surface area (Å²) in [6.07, 6.45) is 0. The lowest BCUT2D eigenvalue weighted by atomic mass is 9.82. The molecule has 22 heavy (non-hydrogen) atoms. The zero-order valence-electron chi connectivity index (χ0n) is 12.9. The lowest BCUT2D eigenvalue weighted by molar-refractivity contribution is 0.660. The van der Waals surface area contributed by atoms with Crippen molar-refractivity contribution in [1.82, 2.24) is 0 Å². The zero-order valence-corrected chi connectivity index (χ0v) is 12.9. The molecule has 1 aliphatic carbocycles. The lowest BCUT2D eigenvalue weighted by Crippen LogP contribution is -2.14. The summed E-state index contributed by atoms with van der Waals surface area (Å²) in [6, 6.07) is 23.4. The number of nitrogen functional groups attached to an aromatic ring is 1. The summed E-state index contributed by atoms with van der Waals surface area (Å²) in [5, 5.41) is 0. The molecule has 0 saturated heterocycles. The first kappa shape index (κ1) is 13.1. The van der Waals surface area contributed by atoms with Gasteiger partial charge in [-0.25, -0.2) is 0 Å². The van der Waals surface area contributed by atoms with E-state index < -0.39 is 0 Å². The van der Waals surface area contributed by atoms with Gasteiger partial charge in [0, 0.05) is 16.7 Å². The molecule has 3 aromatic rings. The molecule has 0 amide bonds. The van der Waals surface area contributed by atoms with Crippen LogP contribution >= 0.6 is 0 Å². The second-order valence-corrected chi connectivity index (χ2v) is 6.49. The number of hydrogen-bond acceptors (Lipinski definition) is 1. The third-order valence-electron chi connectivity index (χ3n) is 4.86. The topological polar surface area (TPSA) is 26.0 Å². The molecule has 0 saturated carbocycles. The summed E-state index contributed by atoms with van der Waals surface area (Å²) in [7, 11) is 0.